The van der Waals surface area contributed by atoms with Gasteiger partial charge in [0, 0.05) is 5.92 Å². The lowest BCUT2D eigenvalue weighted by molar-refractivity contribution is -0.176. The van der Waals surface area contributed by atoms with Gasteiger partial charge in [0.15, 0.2) is 6.29 Å². The summed E-state index contributed by atoms with van der Waals surface area (Å²) in [5.41, 5.74) is 4.08. The largest absolute Gasteiger partial charge is 0.346 e. The molecule has 1 aromatic carbocycles. The molecule has 0 amide bonds. The minimum absolute atomic E-state index is 0.165. The fraction of sp³-hybridized carbons (Fsp3) is 0.526. The smallest absolute Gasteiger partial charge is 0.183 e. The molecule has 0 N–H and O–H groups in total. The van der Waals surface area contributed by atoms with E-state index < -0.39 is 3.23 Å². The average Bonchev–Trinajstić information content (AvgIpc) is 2.54. The molecule has 0 radical (unpaired) electrons. The fourth-order valence-corrected chi connectivity index (χ4v) is 3.48. The highest BCUT2D eigenvalue weighted by Gasteiger charge is 2.36. The molecule has 2 nitrogen and oxygen atoms in total. The minimum Gasteiger partial charge on any atom is -0.346 e. The Hall–Kier alpha value is -0.380. The molecule has 0 spiro atoms. The second-order valence-electron chi connectivity index (χ2n) is 6.01. The van der Waals surface area contributed by atoms with Crippen molar-refractivity contribution in [2.45, 2.75) is 54.2 Å². The molecule has 3 atom stereocenters. The van der Waals surface area contributed by atoms with Crippen molar-refractivity contribution in [3.05, 3.63) is 54.3 Å². The van der Waals surface area contributed by atoms with Crippen LogP contribution < -0.4 is 0 Å². The number of benzene rings is 1. The third kappa shape index (κ3) is 5.88. The number of hydrogen-bond donors (Lipinski definition) is 0. The van der Waals surface area contributed by atoms with E-state index in [9.17, 15) is 0 Å². The molecule has 0 bridgehead atoms. The van der Waals surface area contributed by atoms with Crippen LogP contribution in [0.15, 0.2) is 48.7 Å². The van der Waals surface area contributed by atoms with Crippen LogP contribution in [0.4, 0.5) is 0 Å². The zero-order valence-corrected chi connectivity index (χ0v) is 16.7. The number of ether oxygens (including phenoxy) is 2. The van der Waals surface area contributed by atoms with E-state index in [4.69, 9.17) is 9.47 Å². The Morgan fingerprint density at radius 1 is 1.30 bits per heavy atom. The summed E-state index contributed by atoms with van der Waals surface area (Å²) in [4.78, 5) is 0. The molecule has 0 aromatic heterocycles. The standard InChI is InChI=1S/C19H24Br2O2/c1-3-4-14-22-18(19(2,20)21)23-17-13-9-8-12-16(17)15-10-6-5-7-11-15/h4-7,10-11,16-18H,1,8-9,12-14H2,2H3/t16-,17+,18+/m0/s1. The van der Waals surface area contributed by atoms with Crippen molar-refractivity contribution in [3.8, 4) is 0 Å². The van der Waals surface area contributed by atoms with E-state index in [1.54, 1.807) is 6.08 Å². The number of hydrogen-bond acceptors (Lipinski definition) is 2. The molecule has 0 saturated heterocycles. The van der Waals surface area contributed by atoms with Crippen LogP contribution in [0.3, 0.4) is 0 Å². The highest BCUT2D eigenvalue weighted by molar-refractivity contribution is 9.25. The van der Waals surface area contributed by atoms with Crippen LogP contribution in [0.25, 0.3) is 0 Å². The zero-order valence-electron chi connectivity index (χ0n) is 13.5. The van der Waals surface area contributed by atoms with Gasteiger partial charge in [-0.25, -0.2) is 0 Å². The van der Waals surface area contributed by atoms with Gasteiger partial charge in [0.25, 0.3) is 0 Å². The van der Waals surface area contributed by atoms with Gasteiger partial charge in [-0.1, -0.05) is 81.6 Å². The third-order valence-electron chi connectivity index (χ3n) is 4.12. The quantitative estimate of drug-likeness (QED) is 0.296. The van der Waals surface area contributed by atoms with E-state index in [1.807, 2.05) is 6.92 Å². The molecule has 1 saturated carbocycles. The van der Waals surface area contributed by atoms with E-state index in [2.05, 4.69) is 74.5 Å². The van der Waals surface area contributed by atoms with Gasteiger partial charge in [-0.05, 0) is 31.4 Å². The summed E-state index contributed by atoms with van der Waals surface area (Å²) in [7, 11) is 0. The first-order valence-corrected chi connectivity index (χ1v) is 9.65. The lowest BCUT2D eigenvalue weighted by atomic mass is 9.81. The van der Waals surface area contributed by atoms with E-state index in [0.29, 0.717) is 12.5 Å². The Bertz CT molecular complexity index is 518. The minimum atomic E-state index is -0.437. The van der Waals surface area contributed by atoms with Crippen LogP contribution >= 0.6 is 31.9 Å². The number of halogens is 2. The van der Waals surface area contributed by atoms with Crippen LogP contribution in [-0.4, -0.2) is 22.2 Å². The molecule has 0 heterocycles. The highest BCUT2D eigenvalue weighted by Crippen LogP contribution is 2.39. The van der Waals surface area contributed by atoms with Crippen molar-refractivity contribution in [1.29, 1.82) is 0 Å². The molecule has 23 heavy (non-hydrogen) atoms. The van der Waals surface area contributed by atoms with Gasteiger partial charge in [-0.2, -0.15) is 0 Å². The summed E-state index contributed by atoms with van der Waals surface area (Å²) >= 11 is 7.23. The first-order valence-electron chi connectivity index (χ1n) is 8.06. The Balaban J connectivity index is 2.10. The summed E-state index contributed by atoms with van der Waals surface area (Å²) in [6.45, 7) is 5.99. The molecule has 1 aliphatic rings. The lowest BCUT2D eigenvalue weighted by Crippen LogP contribution is -2.39. The first-order chi connectivity index (χ1) is 11.0. The average molecular weight is 444 g/mol. The van der Waals surface area contributed by atoms with Crippen LogP contribution in [0, 0.1) is 0 Å². The second-order valence-corrected chi connectivity index (χ2v) is 10.4. The Kier molecular flexibility index (Phi) is 7.58. The summed E-state index contributed by atoms with van der Waals surface area (Å²) in [6, 6.07) is 10.7. The monoisotopic (exact) mass is 442 g/mol. The van der Waals surface area contributed by atoms with Crippen LogP contribution in [0.5, 0.6) is 0 Å². The highest BCUT2D eigenvalue weighted by atomic mass is 79.9. The molecule has 4 heteroatoms. The summed E-state index contributed by atoms with van der Waals surface area (Å²) in [5, 5.41) is 0. The zero-order chi connectivity index (χ0) is 16.7. The summed E-state index contributed by atoms with van der Waals surface area (Å²) < 4.78 is 11.8. The molecular weight excluding hydrogens is 420 g/mol. The first kappa shape index (κ1) is 19.0. The maximum absolute atomic E-state index is 6.39. The normalized spacial score (nSPS) is 23.1. The fourth-order valence-electron chi connectivity index (χ4n) is 3.00. The summed E-state index contributed by atoms with van der Waals surface area (Å²) in [6.07, 6.45) is 6.22. The van der Waals surface area contributed by atoms with E-state index in [0.717, 1.165) is 12.8 Å². The maximum atomic E-state index is 6.39. The second kappa shape index (κ2) is 9.19. The molecule has 2 rings (SSSR count). The Morgan fingerprint density at radius 2 is 2.00 bits per heavy atom. The van der Waals surface area contributed by atoms with Crippen molar-refractivity contribution in [2.75, 3.05) is 6.61 Å². The van der Waals surface area contributed by atoms with Gasteiger partial charge in [-0.15, -0.1) is 5.73 Å². The Labute approximate surface area is 156 Å². The number of alkyl halides is 2. The van der Waals surface area contributed by atoms with Crippen LogP contribution in [-0.2, 0) is 9.47 Å². The molecule has 126 valence electrons. The van der Waals surface area contributed by atoms with E-state index in [-0.39, 0.29) is 12.4 Å². The van der Waals surface area contributed by atoms with Gasteiger partial charge in [0.1, 0.15) is 3.23 Å². The molecule has 0 aliphatic heterocycles. The topological polar surface area (TPSA) is 18.5 Å². The van der Waals surface area contributed by atoms with Crippen molar-refractivity contribution in [2.24, 2.45) is 0 Å². The molecule has 1 aliphatic carbocycles. The summed E-state index contributed by atoms with van der Waals surface area (Å²) in [5.74, 6) is 0.424. The van der Waals surface area contributed by atoms with Gasteiger partial charge in [0.2, 0.25) is 0 Å². The van der Waals surface area contributed by atoms with Crippen molar-refractivity contribution in [3.63, 3.8) is 0 Å². The molecule has 0 unspecified atom stereocenters. The van der Waals surface area contributed by atoms with Gasteiger partial charge < -0.3 is 9.47 Å². The number of rotatable bonds is 7. The van der Waals surface area contributed by atoms with E-state index in [1.165, 1.54) is 18.4 Å². The van der Waals surface area contributed by atoms with Crippen molar-refractivity contribution < 1.29 is 9.47 Å². The molecule has 1 fully saturated rings. The SMILES string of the molecule is C=C=CCO[C@H](O[C@@H]1CCCC[C@H]1c1ccccc1)C(C)(Br)Br. The van der Waals surface area contributed by atoms with Crippen molar-refractivity contribution in [1.82, 2.24) is 0 Å². The third-order valence-corrected chi connectivity index (χ3v) is 4.87. The lowest BCUT2D eigenvalue weighted by Gasteiger charge is -2.37. The van der Waals surface area contributed by atoms with Crippen molar-refractivity contribution >= 4 is 31.9 Å². The van der Waals surface area contributed by atoms with E-state index >= 15 is 0 Å². The Morgan fingerprint density at radius 3 is 2.65 bits per heavy atom. The van der Waals surface area contributed by atoms with Crippen LogP contribution in [0.2, 0.25) is 0 Å². The maximum Gasteiger partial charge on any atom is 0.183 e. The van der Waals surface area contributed by atoms with Gasteiger partial charge >= 0.3 is 0 Å². The van der Waals surface area contributed by atoms with Gasteiger partial charge in [0.05, 0.1) is 12.7 Å². The predicted molar refractivity (Wildman–Crippen MR) is 102 cm³/mol. The predicted octanol–water partition coefficient (Wildman–Crippen LogP) is 5.92. The molecular formula is C19H24Br2O2. The molecule has 1 aromatic rings. The van der Waals surface area contributed by atoms with Gasteiger partial charge in [-0.3, -0.25) is 0 Å². The van der Waals surface area contributed by atoms with Crippen LogP contribution in [0.1, 0.15) is 44.1 Å².